The standard InChI is InChI=1S/C14H20N2O2/c1-10(14(17)18-2)16-9-11(7-8-15)12-5-3-4-6-13(12)16/h3-6,10-11H,7-9,15H2,1-2H3. The third-order valence-electron chi connectivity index (χ3n) is 3.63. The molecule has 1 aliphatic heterocycles. The van der Waals surface area contributed by atoms with Crippen LogP contribution in [0.1, 0.15) is 24.8 Å². The van der Waals surface area contributed by atoms with E-state index in [1.807, 2.05) is 19.1 Å². The van der Waals surface area contributed by atoms with Crippen LogP contribution in [0, 0.1) is 0 Å². The lowest BCUT2D eigenvalue weighted by atomic mass is 9.98. The van der Waals surface area contributed by atoms with Gasteiger partial charge in [0.05, 0.1) is 7.11 Å². The molecular weight excluding hydrogens is 228 g/mol. The number of rotatable bonds is 4. The molecule has 0 aliphatic carbocycles. The zero-order chi connectivity index (χ0) is 13.1. The van der Waals surface area contributed by atoms with Crippen LogP contribution >= 0.6 is 0 Å². The molecule has 18 heavy (non-hydrogen) atoms. The van der Waals surface area contributed by atoms with Gasteiger partial charge in [-0.1, -0.05) is 18.2 Å². The highest BCUT2D eigenvalue weighted by Gasteiger charge is 2.33. The highest BCUT2D eigenvalue weighted by Crippen LogP contribution is 2.38. The fourth-order valence-corrected chi connectivity index (χ4v) is 2.64. The monoisotopic (exact) mass is 248 g/mol. The van der Waals surface area contributed by atoms with Crippen LogP contribution in [0.25, 0.3) is 0 Å². The summed E-state index contributed by atoms with van der Waals surface area (Å²) >= 11 is 0. The number of para-hydroxylation sites is 1. The molecule has 0 spiro atoms. The maximum absolute atomic E-state index is 11.7. The Kier molecular flexibility index (Phi) is 3.87. The molecule has 0 amide bonds. The maximum Gasteiger partial charge on any atom is 0.328 e. The minimum absolute atomic E-state index is 0.196. The Hall–Kier alpha value is -1.55. The summed E-state index contributed by atoms with van der Waals surface area (Å²) in [5.74, 6) is 0.219. The van der Waals surface area contributed by atoms with Crippen LogP contribution in [0.5, 0.6) is 0 Å². The van der Waals surface area contributed by atoms with Crippen molar-refractivity contribution in [2.24, 2.45) is 5.73 Å². The summed E-state index contributed by atoms with van der Waals surface area (Å²) in [7, 11) is 1.43. The number of benzene rings is 1. The largest absolute Gasteiger partial charge is 0.467 e. The molecule has 1 aromatic carbocycles. The van der Waals surface area contributed by atoms with E-state index in [4.69, 9.17) is 10.5 Å². The van der Waals surface area contributed by atoms with Gasteiger partial charge < -0.3 is 15.4 Å². The first kappa shape index (κ1) is 12.9. The number of carbonyl (C=O) groups excluding carboxylic acids is 1. The molecule has 0 saturated heterocycles. The predicted molar refractivity (Wildman–Crippen MR) is 71.7 cm³/mol. The SMILES string of the molecule is COC(=O)C(C)N1CC(CCN)c2ccccc21. The van der Waals surface area contributed by atoms with Crippen LogP contribution in [-0.2, 0) is 9.53 Å². The van der Waals surface area contributed by atoms with Crippen molar-refractivity contribution in [2.75, 3.05) is 25.1 Å². The van der Waals surface area contributed by atoms with Gasteiger partial charge in [-0.2, -0.15) is 0 Å². The number of hydrogen-bond donors (Lipinski definition) is 1. The third kappa shape index (κ3) is 2.20. The van der Waals surface area contributed by atoms with Crippen molar-refractivity contribution in [3.05, 3.63) is 29.8 Å². The van der Waals surface area contributed by atoms with Crippen LogP contribution in [0.4, 0.5) is 5.69 Å². The van der Waals surface area contributed by atoms with Crippen LogP contribution in [0.2, 0.25) is 0 Å². The van der Waals surface area contributed by atoms with Gasteiger partial charge in [0.15, 0.2) is 0 Å². The fraction of sp³-hybridized carbons (Fsp3) is 0.500. The van der Waals surface area contributed by atoms with Gasteiger partial charge in [-0.15, -0.1) is 0 Å². The van der Waals surface area contributed by atoms with Crippen molar-refractivity contribution < 1.29 is 9.53 Å². The van der Waals surface area contributed by atoms with Crippen LogP contribution in [-0.4, -0.2) is 32.2 Å². The number of anilines is 1. The summed E-state index contributed by atoms with van der Waals surface area (Å²) in [6, 6.07) is 7.97. The van der Waals surface area contributed by atoms with Gasteiger partial charge in [0.1, 0.15) is 6.04 Å². The topological polar surface area (TPSA) is 55.6 Å². The number of hydrogen-bond acceptors (Lipinski definition) is 4. The molecule has 2 rings (SSSR count). The summed E-state index contributed by atoms with van der Waals surface area (Å²) in [5, 5.41) is 0. The van der Waals surface area contributed by atoms with E-state index in [0.29, 0.717) is 12.5 Å². The van der Waals surface area contributed by atoms with Crippen molar-refractivity contribution in [1.29, 1.82) is 0 Å². The number of carbonyl (C=O) groups is 1. The summed E-state index contributed by atoms with van der Waals surface area (Å²) < 4.78 is 4.83. The lowest BCUT2D eigenvalue weighted by Gasteiger charge is -2.25. The van der Waals surface area contributed by atoms with E-state index in [0.717, 1.165) is 18.7 Å². The fourth-order valence-electron chi connectivity index (χ4n) is 2.64. The minimum atomic E-state index is -0.251. The van der Waals surface area contributed by atoms with E-state index < -0.39 is 0 Å². The third-order valence-corrected chi connectivity index (χ3v) is 3.63. The number of nitrogens with two attached hydrogens (primary N) is 1. The van der Waals surface area contributed by atoms with E-state index >= 15 is 0 Å². The molecule has 0 radical (unpaired) electrons. The Morgan fingerprint density at radius 2 is 2.28 bits per heavy atom. The molecule has 4 nitrogen and oxygen atoms in total. The molecule has 0 fully saturated rings. The lowest BCUT2D eigenvalue weighted by molar-refractivity contribution is -0.141. The number of esters is 1. The molecule has 0 bridgehead atoms. The number of methoxy groups -OCH3 is 1. The molecular formula is C14H20N2O2. The van der Waals surface area contributed by atoms with Gasteiger partial charge in [-0.05, 0) is 31.5 Å². The second kappa shape index (κ2) is 5.40. The molecule has 0 saturated carbocycles. The Morgan fingerprint density at radius 1 is 1.56 bits per heavy atom. The zero-order valence-corrected chi connectivity index (χ0v) is 10.9. The van der Waals surface area contributed by atoms with E-state index in [9.17, 15) is 4.79 Å². The molecule has 98 valence electrons. The van der Waals surface area contributed by atoms with E-state index in [2.05, 4.69) is 17.0 Å². The van der Waals surface area contributed by atoms with Crippen LogP contribution < -0.4 is 10.6 Å². The van der Waals surface area contributed by atoms with Gasteiger partial charge in [0, 0.05) is 18.2 Å². The van der Waals surface area contributed by atoms with Gasteiger partial charge >= 0.3 is 5.97 Å². The molecule has 1 aliphatic rings. The lowest BCUT2D eigenvalue weighted by Crippen LogP contribution is -2.39. The van der Waals surface area contributed by atoms with Crippen LogP contribution in [0.15, 0.2) is 24.3 Å². The van der Waals surface area contributed by atoms with Crippen molar-refractivity contribution in [2.45, 2.75) is 25.3 Å². The van der Waals surface area contributed by atoms with Gasteiger partial charge in [0.25, 0.3) is 0 Å². The normalized spacial score (nSPS) is 19.5. The Bertz CT molecular complexity index is 434. The summed E-state index contributed by atoms with van der Waals surface area (Å²) in [6.07, 6.45) is 0.946. The molecule has 1 heterocycles. The van der Waals surface area contributed by atoms with E-state index in [1.165, 1.54) is 12.7 Å². The van der Waals surface area contributed by atoms with Gasteiger partial charge in [-0.3, -0.25) is 0 Å². The van der Waals surface area contributed by atoms with Crippen LogP contribution in [0.3, 0.4) is 0 Å². The molecule has 4 heteroatoms. The maximum atomic E-state index is 11.7. The smallest absolute Gasteiger partial charge is 0.328 e. The second-order valence-electron chi connectivity index (χ2n) is 4.68. The van der Waals surface area contributed by atoms with Crippen molar-refractivity contribution in [1.82, 2.24) is 0 Å². The average molecular weight is 248 g/mol. The molecule has 2 unspecified atom stereocenters. The molecule has 2 N–H and O–H groups in total. The number of ether oxygens (including phenoxy) is 1. The van der Waals surface area contributed by atoms with Crippen molar-refractivity contribution >= 4 is 11.7 Å². The summed E-state index contributed by atoms with van der Waals surface area (Å²) in [4.78, 5) is 13.8. The second-order valence-corrected chi connectivity index (χ2v) is 4.68. The van der Waals surface area contributed by atoms with E-state index in [-0.39, 0.29) is 12.0 Å². The molecule has 2 atom stereocenters. The molecule has 0 aromatic heterocycles. The first-order valence-corrected chi connectivity index (χ1v) is 6.32. The Morgan fingerprint density at radius 3 is 2.94 bits per heavy atom. The highest BCUT2D eigenvalue weighted by molar-refractivity contribution is 5.81. The Labute approximate surface area is 108 Å². The van der Waals surface area contributed by atoms with Crippen molar-refractivity contribution in [3.63, 3.8) is 0 Å². The quantitative estimate of drug-likeness (QED) is 0.820. The molecule has 1 aromatic rings. The predicted octanol–water partition coefficient (Wildman–Crippen LogP) is 1.50. The first-order chi connectivity index (χ1) is 8.69. The van der Waals surface area contributed by atoms with Gasteiger partial charge in [0.2, 0.25) is 0 Å². The van der Waals surface area contributed by atoms with Gasteiger partial charge in [-0.25, -0.2) is 4.79 Å². The Balaban J connectivity index is 2.27. The van der Waals surface area contributed by atoms with Crippen molar-refractivity contribution in [3.8, 4) is 0 Å². The highest BCUT2D eigenvalue weighted by atomic mass is 16.5. The number of nitrogens with zero attached hydrogens (tertiary/aromatic N) is 1. The average Bonchev–Trinajstić information content (AvgIpc) is 2.77. The number of fused-ring (bicyclic) bond motifs is 1. The van der Waals surface area contributed by atoms with E-state index in [1.54, 1.807) is 0 Å². The first-order valence-electron chi connectivity index (χ1n) is 6.32. The minimum Gasteiger partial charge on any atom is -0.467 e. The summed E-state index contributed by atoms with van der Waals surface area (Å²) in [6.45, 7) is 3.39. The zero-order valence-electron chi connectivity index (χ0n) is 10.9. The summed E-state index contributed by atoms with van der Waals surface area (Å²) in [5.41, 5.74) is 8.09.